The van der Waals surface area contributed by atoms with Gasteiger partial charge in [-0.05, 0) is 0 Å². The second-order valence-corrected chi connectivity index (χ2v) is 2.98. The molecule has 1 heterocycles. The van der Waals surface area contributed by atoms with Crippen molar-refractivity contribution in [3.63, 3.8) is 0 Å². The van der Waals surface area contributed by atoms with E-state index in [9.17, 15) is 4.79 Å². The van der Waals surface area contributed by atoms with E-state index in [0.29, 0.717) is 11.4 Å². The van der Waals surface area contributed by atoms with Crippen molar-refractivity contribution in [2.75, 3.05) is 0 Å². The van der Waals surface area contributed by atoms with E-state index in [0.717, 1.165) is 0 Å². The van der Waals surface area contributed by atoms with Gasteiger partial charge in [-0.1, -0.05) is 13.8 Å². The zero-order chi connectivity index (χ0) is 9.14. The summed E-state index contributed by atoms with van der Waals surface area (Å²) in [4.78, 5) is 18.0. The molecular weight excluding hydrogens is 154 g/mol. The Hall–Kier alpha value is -1.16. The lowest BCUT2D eigenvalue weighted by Gasteiger charge is -2.03. The monoisotopic (exact) mass is 167 g/mol. The minimum atomic E-state index is -0.129. The van der Waals surface area contributed by atoms with E-state index in [1.54, 1.807) is 0 Å². The fourth-order valence-electron chi connectivity index (χ4n) is 0.874. The number of hydrogen-bond acceptors (Lipinski definition) is 3. The quantitative estimate of drug-likeness (QED) is 0.667. The van der Waals surface area contributed by atoms with Gasteiger partial charge in [-0.2, -0.15) is 0 Å². The molecule has 12 heavy (non-hydrogen) atoms. The van der Waals surface area contributed by atoms with Crippen molar-refractivity contribution in [1.29, 1.82) is 0 Å². The minimum absolute atomic E-state index is 0.129. The van der Waals surface area contributed by atoms with E-state index >= 15 is 0 Å². The average molecular weight is 167 g/mol. The fraction of sp³-hybridized carbons (Fsp3) is 0.500. The lowest BCUT2D eigenvalue weighted by Crippen LogP contribution is -2.19. The van der Waals surface area contributed by atoms with Crippen molar-refractivity contribution in [1.82, 2.24) is 9.97 Å². The number of rotatable bonds is 2. The van der Waals surface area contributed by atoms with Crippen LogP contribution in [0.25, 0.3) is 0 Å². The molecule has 3 N–H and O–H groups in total. The maximum absolute atomic E-state index is 11.2. The first-order valence-corrected chi connectivity index (χ1v) is 3.93. The molecule has 1 aromatic rings. The molecule has 0 radical (unpaired) electrons. The predicted octanol–water partition coefficient (Wildman–Crippen LogP) is 0.352. The third kappa shape index (κ3) is 1.71. The Bertz CT molecular complexity index is 316. The molecule has 0 amide bonds. The third-order valence-corrected chi connectivity index (χ3v) is 1.66. The van der Waals surface area contributed by atoms with Crippen LogP contribution in [0.3, 0.4) is 0 Å². The molecule has 0 unspecified atom stereocenters. The lowest BCUT2D eigenvalue weighted by molar-refractivity contribution is 0.757. The van der Waals surface area contributed by atoms with E-state index in [1.807, 2.05) is 13.8 Å². The summed E-state index contributed by atoms with van der Waals surface area (Å²) in [5.74, 6) is 0.946. The lowest BCUT2D eigenvalue weighted by atomic mass is 10.2. The first kappa shape index (κ1) is 8.93. The van der Waals surface area contributed by atoms with Crippen LogP contribution in [0.2, 0.25) is 0 Å². The summed E-state index contributed by atoms with van der Waals surface area (Å²) in [6.07, 6.45) is 1.54. The van der Waals surface area contributed by atoms with Crippen molar-refractivity contribution >= 4 is 0 Å². The molecule has 0 atom stereocenters. The van der Waals surface area contributed by atoms with Gasteiger partial charge in [0.05, 0.1) is 0 Å². The van der Waals surface area contributed by atoms with Crippen molar-refractivity contribution in [2.45, 2.75) is 26.3 Å². The highest BCUT2D eigenvalue weighted by molar-refractivity contribution is 5.06. The number of nitrogens with one attached hydrogen (secondary N) is 1. The zero-order valence-electron chi connectivity index (χ0n) is 7.29. The maximum Gasteiger partial charge on any atom is 0.255 e. The Morgan fingerprint density at radius 1 is 1.67 bits per heavy atom. The van der Waals surface area contributed by atoms with Crippen LogP contribution in [0.4, 0.5) is 0 Å². The van der Waals surface area contributed by atoms with Gasteiger partial charge in [-0.25, -0.2) is 4.98 Å². The molecule has 4 nitrogen and oxygen atoms in total. The Balaban J connectivity index is 3.11. The van der Waals surface area contributed by atoms with Crippen molar-refractivity contribution < 1.29 is 0 Å². The number of H-pyrrole nitrogens is 1. The highest BCUT2D eigenvalue weighted by Crippen LogP contribution is 2.04. The first-order valence-electron chi connectivity index (χ1n) is 3.93. The zero-order valence-corrected chi connectivity index (χ0v) is 7.29. The van der Waals surface area contributed by atoms with Gasteiger partial charge < -0.3 is 10.7 Å². The largest absolute Gasteiger partial charge is 0.326 e. The molecule has 0 saturated carbocycles. The van der Waals surface area contributed by atoms with Crippen LogP contribution in [-0.2, 0) is 6.54 Å². The van der Waals surface area contributed by atoms with Crippen LogP contribution in [0, 0.1) is 0 Å². The maximum atomic E-state index is 11.2. The third-order valence-electron chi connectivity index (χ3n) is 1.66. The van der Waals surface area contributed by atoms with Crippen LogP contribution in [0.5, 0.6) is 0 Å². The summed E-state index contributed by atoms with van der Waals surface area (Å²) in [6, 6.07) is 0. The van der Waals surface area contributed by atoms with Gasteiger partial charge in [-0.3, -0.25) is 4.79 Å². The minimum Gasteiger partial charge on any atom is -0.326 e. The molecule has 0 spiro atoms. The van der Waals surface area contributed by atoms with Gasteiger partial charge >= 0.3 is 0 Å². The molecular formula is C8H13N3O. The van der Waals surface area contributed by atoms with E-state index in [-0.39, 0.29) is 18.0 Å². The molecule has 4 heteroatoms. The van der Waals surface area contributed by atoms with Crippen LogP contribution < -0.4 is 11.3 Å². The van der Waals surface area contributed by atoms with Gasteiger partial charge in [0, 0.05) is 24.2 Å². The molecule has 0 aromatic carbocycles. The normalized spacial score (nSPS) is 10.7. The standard InChI is InChI=1S/C8H13N3O/c1-5(2)7-10-4-6(3-9)8(12)11-7/h4-5H,3,9H2,1-2H3,(H,10,11,12). The summed E-state index contributed by atoms with van der Waals surface area (Å²) in [6.45, 7) is 4.18. The van der Waals surface area contributed by atoms with Crippen LogP contribution in [-0.4, -0.2) is 9.97 Å². The van der Waals surface area contributed by atoms with E-state index in [4.69, 9.17) is 5.73 Å². The van der Waals surface area contributed by atoms with Crippen LogP contribution in [0.15, 0.2) is 11.0 Å². The molecule has 0 aliphatic rings. The van der Waals surface area contributed by atoms with Gasteiger partial charge in [0.25, 0.3) is 5.56 Å². The smallest absolute Gasteiger partial charge is 0.255 e. The van der Waals surface area contributed by atoms with Gasteiger partial charge in [-0.15, -0.1) is 0 Å². The first-order chi connectivity index (χ1) is 5.65. The van der Waals surface area contributed by atoms with E-state index in [2.05, 4.69) is 9.97 Å². The number of hydrogen-bond donors (Lipinski definition) is 2. The van der Waals surface area contributed by atoms with Gasteiger partial charge in [0.2, 0.25) is 0 Å². The summed E-state index contributed by atoms with van der Waals surface area (Å²) in [5.41, 5.74) is 5.72. The number of nitrogens with zero attached hydrogens (tertiary/aromatic N) is 1. The Morgan fingerprint density at radius 3 is 2.75 bits per heavy atom. The van der Waals surface area contributed by atoms with Gasteiger partial charge in [0.15, 0.2) is 0 Å². The molecule has 0 bridgehead atoms. The SMILES string of the molecule is CC(C)c1ncc(CN)c(=O)[nH]1. The van der Waals surface area contributed by atoms with E-state index in [1.165, 1.54) is 6.20 Å². The molecule has 1 rings (SSSR count). The molecule has 0 aliphatic carbocycles. The number of nitrogens with two attached hydrogens (primary N) is 1. The van der Waals surface area contributed by atoms with Crippen molar-refractivity contribution in [3.8, 4) is 0 Å². The van der Waals surface area contributed by atoms with Crippen molar-refractivity contribution in [2.24, 2.45) is 5.73 Å². The van der Waals surface area contributed by atoms with Crippen LogP contribution >= 0.6 is 0 Å². The molecule has 0 fully saturated rings. The summed E-state index contributed by atoms with van der Waals surface area (Å²) in [5, 5.41) is 0. The Morgan fingerprint density at radius 2 is 2.33 bits per heavy atom. The molecule has 0 aliphatic heterocycles. The fourth-order valence-corrected chi connectivity index (χ4v) is 0.874. The number of aromatic nitrogens is 2. The molecule has 66 valence electrons. The molecule has 1 aromatic heterocycles. The average Bonchev–Trinajstić information content (AvgIpc) is 2.04. The highest BCUT2D eigenvalue weighted by atomic mass is 16.1. The predicted molar refractivity (Wildman–Crippen MR) is 46.8 cm³/mol. The second kappa shape index (κ2) is 3.49. The van der Waals surface area contributed by atoms with Crippen molar-refractivity contribution in [3.05, 3.63) is 27.9 Å². The topological polar surface area (TPSA) is 71.8 Å². The summed E-state index contributed by atoms with van der Waals surface area (Å²) in [7, 11) is 0. The van der Waals surface area contributed by atoms with E-state index < -0.39 is 0 Å². The summed E-state index contributed by atoms with van der Waals surface area (Å²) < 4.78 is 0. The highest BCUT2D eigenvalue weighted by Gasteiger charge is 2.03. The second-order valence-electron chi connectivity index (χ2n) is 2.98. The van der Waals surface area contributed by atoms with Crippen LogP contribution in [0.1, 0.15) is 31.2 Å². The van der Waals surface area contributed by atoms with Gasteiger partial charge in [0.1, 0.15) is 5.82 Å². The Labute approximate surface area is 70.8 Å². The summed E-state index contributed by atoms with van der Waals surface area (Å²) >= 11 is 0. The Kier molecular flexibility index (Phi) is 2.60. The molecule has 0 saturated heterocycles. The number of aromatic amines is 1.